The van der Waals surface area contributed by atoms with Gasteiger partial charge in [-0.15, -0.1) is 0 Å². The van der Waals surface area contributed by atoms with Gasteiger partial charge in [0, 0.05) is 36.8 Å². The number of piperidine rings is 1. The Kier molecular flexibility index (Phi) is 5.81. The lowest BCUT2D eigenvalue weighted by molar-refractivity contribution is 0.0897. The van der Waals surface area contributed by atoms with Crippen molar-refractivity contribution in [3.05, 3.63) is 59.8 Å². The molecule has 0 unspecified atom stereocenters. The number of hydrogen-bond acceptors (Lipinski definition) is 6. The number of ether oxygens (including phenoxy) is 1. The number of nitrogens with zero attached hydrogens (tertiary/aromatic N) is 6. The van der Waals surface area contributed by atoms with Gasteiger partial charge in [-0.05, 0) is 51.2 Å². The molecule has 0 spiro atoms. The molecule has 0 radical (unpaired) electrons. The van der Waals surface area contributed by atoms with E-state index in [1.807, 2.05) is 49.3 Å². The summed E-state index contributed by atoms with van der Waals surface area (Å²) in [5.41, 5.74) is 4.41. The van der Waals surface area contributed by atoms with Crippen LogP contribution in [-0.2, 0) is 6.54 Å². The van der Waals surface area contributed by atoms with Crippen LogP contribution >= 0.6 is 11.6 Å². The second-order valence-corrected chi connectivity index (χ2v) is 9.76. The molecule has 0 bridgehead atoms. The number of alkyl halides is 1. The maximum atomic E-state index is 14.5. The van der Waals surface area contributed by atoms with Gasteiger partial charge in [-0.1, -0.05) is 11.6 Å². The molecule has 184 valence electrons. The standard InChI is InChI=1S/C26H25ClFN7O/c1-15-31-20-4-3-18(9-22(20)32-15)36-24-6-5-21-26(25(24)27)33-23(11-29-21)17-10-30-35(13-17)12-16-7-8-34(2)14-19(16)28/h3-6,9-11,13,16,19H,7-8,12,14H2,1-2H3,(H,31,32)/t16-,19-/m0/s1. The van der Waals surface area contributed by atoms with Crippen molar-refractivity contribution in [2.24, 2.45) is 5.92 Å². The number of halogens is 2. The fourth-order valence-electron chi connectivity index (χ4n) is 4.70. The monoisotopic (exact) mass is 505 g/mol. The number of rotatable bonds is 5. The third-order valence-corrected chi connectivity index (χ3v) is 7.01. The van der Waals surface area contributed by atoms with E-state index in [2.05, 4.69) is 20.1 Å². The highest BCUT2D eigenvalue weighted by atomic mass is 35.5. The molecule has 3 aromatic heterocycles. The number of hydrogen-bond donors (Lipinski definition) is 1. The van der Waals surface area contributed by atoms with E-state index in [0.717, 1.165) is 35.4 Å². The van der Waals surface area contributed by atoms with Gasteiger partial charge in [0.1, 0.15) is 34.0 Å². The summed E-state index contributed by atoms with van der Waals surface area (Å²) in [6, 6.07) is 9.26. The minimum Gasteiger partial charge on any atom is -0.456 e. The number of likely N-dealkylation sites (tertiary alicyclic amines) is 1. The van der Waals surface area contributed by atoms with Gasteiger partial charge in [-0.25, -0.2) is 14.4 Å². The van der Waals surface area contributed by atoms with Gasteiger partial charge in [-0.3, -0.25) is 9.67 Å². The maximum Gasteiger partial charge on any atom is 0.148 e. The molecule has 1 N–H and O–H groups in total. The van der Waals surface area contributed by atoms with Crippen molar-refractivity contribution in [2.75, 3.05) is 20.1 Å². The highest BCUT2D eigenvalue weighted by molar-refractivity contribution is 6.36. The molecular formula is C26H25ClFN7O. The highest BCUT2D eigenvalue weighted by Crippen LogP contribution is 2.35. The molecule has 6 rings (SSSR count). The van der Waals surface area contributed by atoms with Crippen molar-refractivity contribution in [1.82, 2.24) is 34.6 Å². The Labute approximate surface area is 212 Å². The average molecular weight is 506 g/mol. The van der Waals surface area contributed by atoms with E-state index in [9.17, 15) is 4.39 Å². The summed E-state index contributed by atoms with van der Waals surface area (Å²) in [7, 11) is 1.95. The zero-order valence-corrected chi connectivity index (χ0v) is 20.7. The van der Waals surface area contributed by atoms with Crippen LogP contribution in [0, 0.1) is 12.8 Å². The van der Waals surface area contributed by atoms with Crippen LogP contribution in [0.15, 0.2) is 48.9 Å². The van der Waals surface area contributed by atoms with E-state index in [4.69, 9.17) is 21.3 Å². The van der Waals surface area contributed by atoms with E-state index in [1.54, 1.807) is 23.1 Å². The van der Waals surface area contributed by atoms with E-state index >= 15 is 0 Å². The van der Waals surface area contributed by atoms with Crippen molar-refractivity contribution in [3.8, 4) is 22.8 Å². The minimum atomic E-state index is -0.855. The Bertz CT molecular complexity index is 1570. The first-order valence-electron chi connectivity index (χ1n) is 11.9. The quantitative estimate of drug-likeness (QED) is 0.343. The van der Waals surface area contributed by atoms with Gasteiger partial charge in [0.15, 0.2) is 0 Å². The van der Waals surface area contributed by atoms with Crippen molar-refractivity contribution in [2.45, 2.75) is 26.1 Å². The van der Waals surface area contributed by atoms with Crippen LogP contribution in [0.1, 0.15) is 12.2 Å². The molecular weight excluding hydrogens is 481 g/mol. The molecule has 2 aromatic carbocycles. The first-order chi connectivity index (χ1) is 17.4. The molecule has 8 nitrogen and oxygen atoms in total. The zero-order valence-electron chi connectivity index (χ0n) is 19.9. The summed E-state index contributed by atoms with van der Waals surface area (Å²) in [6.45, 7) is 3.81. The van der Waals surface area contributed by atoms with E-state index in [1.165, 1.54) is 0 Å². The highest BCUT2D eigenvalue weighted by Gasteiger charge is 2.28. The van der Waals surface area contributed by atoms with Gasteiger partial charge in [0.05, 0.1) is 34.6 Å². The van der Waals surface area contributed by atoms with Crippen molar-refractivity contribution in [3.63, 3.8) is 0 Å². The number of imidazole rings is 1. The zero-order chi connectivity index (χ0) is 24.8. The van der Waals surface area contributed by atoms with Crippen LogP contribution in [0.4, 0.5) is 4.39 Å². The van der Waals surface area contributed by atoms with Crippen LogP contribution in [0.5, 0.6) is 11.5 Å². The lowest BCUT2D eigenvalue weighted by atomic mass is 9.95. The van der Waals surface area contributed by atoms with Gasteiger partial charge in [0.2, 0.25) is 0 Å². The van der Waals surface area contributed by atoms with E-state index in [-0.39, 0.29) is 5.92 Å². The summed E-state index contributed by atoms with van der Waals surface area (Å²) in [5, 5.41) is 4.82. The van der Waals surface area contributed by atoms with Crippen molar-refractivity contribution in [1.29, 1.82) is 0 Å². The largest absolute Gasteiger partial charge is 0.456 e. The van der Waals surface area contributed by atoms with Crippen LogP contribution in [0.25, 0.3) is 33.3 Å². The molecule has 0 aliphatic carbocycles. The Morgan fingerprint density at radius 2 is 2.03 bits per heavy atom. The Morgan fingerprint density at radius 1 is 1.17 bits per heavy atom. The van der Waals surface area contributed by atoms with Gasteiger partial charge >= 0.3 is 0 Å². The number of benzene rings is 2. The summed E-state index contributed by atoms with van der Waals surface area (Å²) in [6.07, 6.45) is 5.27. The Morgan fingerprint density at radius 3 is 2.89 bits per heavy atom. The van der Waals surface area contributed by atoms with E-state index in [0.29, 0.717) is 46.3 Å². The first-order valence-corrected chi connectivity index (χ1v) is 12.3. The van der Waals surface area contributed by atoms with Crippen LogP contribution in [0.3, 0.4) is 0 Å². The third-order valence-electron chi connectivity index (χ3n) is 6.65. The molecule has 4 heterocycles. The molecule has 0 saturated carbocycles. The molecule has 1 aliphatic rings. The fourth-order valence-corrected chi connectivity index (χ4v) is 4.94. The molecule has 0 amide bonds. The first kappa shape index (κ1) is 22.9. The maximum absolute atomic E-state index is 14.5. The molecule has 1 fully saturated rings. The second-order valence-electron chi connectivity index (χ2n) is 9.38. The molecule has 1 aliphatic heterocycles. The lowest BCUT2D eigenvalue weighted by Gasteiger charge is -2.32. The Hall–Kier alpha value is -3.56. The smallest absolute Gasteiger partial charge is 0.148 e. The summed E-state index contributed by atoms with van der Waals surface area (Å²) < 4.78 is 22.3. The number of fused-ring (bicyclic) bond motifs is 2. The van der Waals surface area contributed by atoms with Crippen LogP contribution < -0.4 is 4.74 Å². The second kappa shape index (κ2) is 9.15. The number of H-pyrrole nitrogens is 1. The van der Waals surface area contributed by atoms with Crippen molar-refractivity contribution >= 4 is 33.7 Å². The van der Waals surface area contributed by atoms with Crippen molar-refractivity contribution < 1.29 is 9.13 Å². The van der Waals surface area contributed by atoms with E-state index < -0.39 is 6.17 Å². The Balaban J connectivity index is 1.25. The number of nitrogens with one attached hydrogen (secondary N) is 1. The molecule has 10 heteroatoms. The summed E-state index contributed by atoms with van der Waals surface area (Å²) in [5.74, 6) is 1.92. The number of aryl methyl sites for hydroxylation is 1. The average Bonchev–Trinajstić information content (AvgIpc) is 3.48. The summed E-state index contributed by atoms with van der Waals surface area (Å²) >= 11 is 6.72. The topological polar surface area (TPSA) is 84.8 Å². The number of aromatic amines is 1. The van der Waals surface area contributed by atoms with Gasteiger partial charge in [-0.2, -0.15) is 5.10 Å². The molecule has 1 saturated heterocycles. The molecule has 2 atom stereocenters. The lowest BCUT2D eigenvalue weighted by Crippen LogP contribution is -2.41. The van der Waals surface area contributed by atoms with Crippen LogP contribution in [-0.4, -0.2) is 60.9 Å². The SMILES string of the molecule is Cc1nc2ccc(Oc3ccc4ncc(-c5cnn(C[C@@H]6CCN(C)C[C@@H]6F)c5)nc4c3Cl)cc2[nH]1. The fraction of sp³-hybridized carbons (Fsp3) is 0.308. The normalized spacial score (nSPS) is 18.8. The minimum absolute atomic E-state index is 0.0457. The third kappa shape index (κ3) is 4.40. The molecule has 36 heavy (non-hydrogen) atoms. The van der Waals surface area contributed by atoms with Gasteiger partial charge in [0.25, 0.3) is 0 Å². The predicted molar refractivity (Wildman–Crippen MR) is 137 cm³/mol. The number of aromatic nitrogens is 6. The molecule has 5 aromatic rings. The van der Waals surface area contributed by atoms with Gasteiger partial charge < -0.3 is 14.6 Å². The van der Waals surface area contributed by atoms with Crippen LogP contribution in [0.2, 0.25) is 5.02 Å². The summed E-state index contributed by atoms with van der Waals surface area (Å²) in [4.78, 5) is 19.0. The predicted octanol–water partition coefficient (Wildman–Crippen LogP) is 5.41.